The van der Waals surface area contributed by atoms with Gasteiger partial charge >= 0.3 is 0 Å². The summed E-state index contributed by atoms with van der Waals surface area (Å²) < 4.78 is 11.2. The van der Waals surface area contributed by atoms with Crippen molar-refractivity contribution in [3.8, 4) is 10.8 Å². The van der Waals surface area contributed by atoms with Gasteiger partial charge in [-0.3, -0.25) is 4.79 Å². The Balaban J connectivity index is 1.46. The van der Waals surface area contributed by atoms with Gasteiger partial charge in [0, 0.05) is 12.0 Å². The lowest BCUT2D eigenvalue weighted by Gasteiger charge is -2.22. The van der Waals surface area contributed by atoms with Crippen LogP contribution in [0.5, 0.6) is 0 Å². The lowest BCUT2D eigenvalue weighted by molar-refractivity contribution is -0.121. The first-order valence-electron chi connectivity index (χ1n) is 8.06. The standard InChI is InChI=1S/C18H18N2O3S/c1-11-14(20-18(23-11)16-6-3-9-24-16)10-17(21)19-13-4-2-5-15-12(13)7-8-22-15/h3,6-9,13H,2,4-5,10H2,1H3,(H,19,21). The average molecular weight is 342 g/mol. The van der Waals surface area contributed by atoms with Crippen LogP contribution in [-0.2, 0) is 17.6 Å². The van der Waals surface area contributed by atoms with E-state index in [0.717, 1.165) is 35.5 Å². The lowest BCUT2D eigenvalue weighted by Crippen LogP contribution is -2.31. The molecule has 1 atom stereocenters. The van der Waals surface area contributed by atoms with Crippen molar-refractivity contribution in [3.63, 3.8) is 0 Å². The molecule has 0 saturated carbocycles. The van der Waals surface area contributed by atoms with Crippen LogP contribution in [0.25, 0.3) is 10.8 Å². The van der Waals surface area contributed by atoms with Crippen LogP contribution < -0.4 is 5.32 Å². The van der Waals surface area contributed by atoms with Gasteiger partial charge in [0.15, 0.2) is 0 Å². The molecule has 1 amide bonds. The third-order valence-corrected chi connectivity index (χ3v) is 5.20. The summed E-state index contributed by atoms with van der Waals surface area (Å²) >= 11 is 1.57. The number of aryl methyl sites for hydroxylation is 2. The summed E-state index contributed by atoms with van der Waals surface area (Å²) in [5, 5.41) is 5.08. The molecule has 3 aromatic heterocycles. The summed E-state index contributed by atoms with van der Waals surface area (Å²) in [5.74, 6) is 2.23. The molecule has 4 rings (SSSR count). The third kappa shape index (κ3) is 2.89. The van der Waals surface area contributed by atoms with E-state index in [1.54, 1.807) is 17.6 Å². The molecule has 3 aromatic rings. The van der Waals surface area contributed by atoms with Gasteiger partial charge < -0.3 is 14.2 Å². The van der Waals surface area contributed by atoms with Crippen molar-refractivity contribution in [2.24, 2.45) is 0 Å². The van der Waals surface area contributed by atoms with Crippen molar-refractivity contribution in [2.45, 2.75) is 38.6 Å². The van der Waals surface area contributed by atoms with Crippen LogP contribution in [0.1, 0.15) is 41.7 Å². The highest BCUT2D eigenvalue weighted by molar-refractivity contribution is 7.13. The summed E-state index contributed by atoms with van der Waals surface area (Å²) in [4.78, 5) is 17.9. The molecule has 1 aliphatic carbocycles. The van der Waals surface area contributed by atoms with Gasteiger partial charge in [0.1, 0.15) is 11.5 Å². The quantitative estimate of drug-likeness (QED) is 0.777. The zero-order chi connectivity index (χ0) is 16.5. The van der Waals surface area contributed by atoms with Crippen LogP contribution in [0.15, 0.2) is 38.7 Å². The van der Waals surface area contributed by atoms with E-state index in [4.69, 9.17) is 8.83 Å². The maximum absolute atomic E-state index is 12.4. The van der Waals surface area contributed by atoms with Crippen LogP contribution >= 0.6 is 11.3 Å². The highest BCUT2D eigenvalue weighted by atomic mass is 32.1. The largest absolute Gasteiger partial charge is 0.469 e. The molecule has 124 valence electrons. The van der Waals surface area contributed by atoms with Crippen LogP contribution in [0.2, 0.25) is 0 Å². The molecule has 1 unspecified atom stereocenters. The van der Waals surface area contributed by atoms with Gasteiger partial charge in [-0.1, -0.05) is 6.07 Å². The molecule has 3 heterocycles. The number of nitrogens with zero attached hydrogens (tertiary/aromatic N) is 1. The first-order chi connectivity index (χ1) is 11.7. The average Bonchev–Trinajstić information content (AvgIpc) is 3.28. The van der Waals surface area contributed by atoms with E-state index in [1.807, 2.05) is 30.5 Å². The Morgan fingerprint density at radius 3 is 3.21 bits per heavy atom. The molecule has 0 aromatic carbocycles. The number of aromatic nitrogens is 1. The normalized spacial score (nSPS) is 16.8. The minimum absolute atomic E-state index is 0.0315. The number of rotatable bonds is 4. The van der Waals surface area contributed by atoms with E-state index in [1.165, 1.54) is 0 Å². The Morgan fingerprint density at radius 1 is 1.46 bits per heavy atom. The Hall–Kier alpha value is -2.34. The molecular weight excluding hydrogens is 324 g/mol. The van der Waals surface area contributed by atoms with E-state index in [2.05, 4.69) is 10.3 Å². The predicted molar refractivity (Wildman–Crippen MR) is 90.8 cm³/mol. The van der Waals surface area contributed by atoms with E-state index < -0.39 is 0 Å². The molecule has 1 aliphatic rings. The summed E-state index contributed by atoms with van der Waals surface area (Å²) in [5.41, 5.74) is 1.80. The molecule has 0 saturated heterocycles. The molecule has 1 N–H and O–H groups in total. The second kappa shape index (κ2) is 6.28. The molecule has 5 nitrogen and oxygen atoms in total. The molecule has 0 fully saturated rings. The maximum atomic E-state index is 12.4. The van der Waals surface area contributed by atoms with Gasteiger partial charge in [-0.25, -0.2) is 4.98 Å². The number of hydrogen-bond donors (Lipinski definition) is 1. The van der Waals surface area contributed by atoms with Gasteiger partial charge in [0.2, 0.25) is 11.8 Å². The molecule has 0 aliphatic heterocycles. The number of carbonyl (C=O) groups is 1. The first kappa shape index (κ1) is 15.2. The summed E-state index contributed by atoms with van der Waals surface area (Å²) in [6.07, 6.45) is 4.84. The zero-order valence-electron chi connectivity index (χ0n) is 13.4. The van der Waals surface area contributed by atoms with Gasteiger partial charge in [-0.2, -0.15) is 0 Å². The van der Waals surface area contributed by atoms with E-state index in [9.17, 15) is 4.79 Å². The molecule has 0 spiro atoms. The van der Waals surface area contributed by atoms with Gasteiger partial charge in [-0.15, -0.1) is 11.3 Å². The summed E-state index contributed by atoms with van der Waals surface area (Å²) in [6.45, 7) is 1.85. The van der Waals surface area contributed by atoms with Crippen molar-refractivity contribution < 1.29 is 13.6 Å². The van der Waals surface area contributed by atoms with Crippen molar-refractivity contribution in [1.82, 2.24) is 10.3 Å². The van der Waals surface area contributed by atoms with Gasteiger partial charge in [0.05, 0.1) is 29.3 Å². The van der Waals surface area contributed by atoms with Crippen LogP contribution in [0.4, 0.5) is 0 Å². The van der Waals surface area contributed by atoms with Crippen molar-refractivity contribution in [3.05, 3.63) is 52.6 Å². The Kier molecular flexibility index (Phi) is 3.98. The van der Waals surface area contributed by atoms with E-state index >= 15 is 0 Å². The van der Waals surface area contributed by atoms with Crippen LogP contribution in [0.3, 0.4) is 0 Å². The number of amides is 1. The number of thiophene rings is 1. The number of nitrogens with one attached hydrogen (secondary N) is 1. The fraction of sp³-hybridized carbons (Fsp3) is 0.333. The number of furan rings is 1. The Morgan fingerprint density at radius 2 is 2.38 bits per heavy atom. The second-order valence-electron chi connectivity index (χ2n) is 5.99. The predicted octanol–water partition coefficient (Wildman–Crippen LogP) is 4.04. The van der Waals surface area contributed by atoms with Crippen LogP contribution in [-0.4, -0.2) is 10.9 Å². The lowest BCUT2D eigenvalue weighted by atomic mass is 9.93. The molecule has 0 bridgehead atoms. The molecular formula is C18H18N2O3S. The number of carbonyl (C=O) groups excluding carboxylic acids is 1. The van der Waals surface area contributed by atoms with Crippen molar-refractivity contribution in [1.29, 1.82) is 0 Å². The fourth-order valence-corrected chi connectivity index (χ4v) is 3.78. The number of oxazole rings is 1. The molecule has 0 radical (unpaired) electrons. The highest BCUT2D eigenvalue weighted by Gasteiger charge is 2.25. The van der Waals surface area contributed by atoms with Gasteiger partial charge in [-0.05, 0) is 37.3 Å². The van der Waals surface area contributed by atoms with Gasteiger partial charge in [0.25, 0.3) is 0 Å². The summed E-state index contributed by atoms with van der Waals surface area (Å²) in [7, 11) is 0. The highest BCUT2D eigenvalue weighted by Crippen LogP contribution is 2.31. The van der Waals surface area contributed by atoms with Crippen LogP contribution in [0, 0.1) is 6.92 Å². The Bertz CT molecular complexity index is 848. The second-order valence-corrected chi connectivity index (χ2v) is 6.94. The number of hydrogen-bond acceptors (Lipinski definition) is 5. The Labute approximate surface area is 143 Å². The van der Waals surface area contributed by atoms with Crippen molar-refractivity contribution >= 4 is 17.2 Å². The smallest absolute Gasteiger partial charge is 0.236 e. The minimum atomic E-state index is -0.0387. The topological polar surface area (TPSA) is 68.3 Å². The fourth-order valence-electron chi connectivity index (χ4n) is 3.13. The maximum Gasteiger partial charge on any atom is 0.236 e. The summed E-state index contributed by atoms with van der Waals surface area (Å²) in [6, 6.07) is 5.90. The SMILES string of the molecule is Cc1oc(-c2cccs2)nc1CC(=O)NC1CCCc2occc21. The van der Waals surface area contributed by atoms with Crippen molar-refractivity contribution in [2.75, 3.05) is 0 Å². The third-order valence-electron chi connectivity index (χ3n) is 4.34. The van der Waals surface area contributed by atoms with E-state index in [-0.39, 0.29) is 18.4 Å². The van der Waals surface area contributed by atoms with E-state index in [0.29, 0.717) is 17.3 Å². The monoisotopic (exact) mass is 342 g/mol. The molecule has 6 heteroatoms. The first-order valence-corrected chi connectivity index (χ1v) is 8.94. The number of fused-ring (bicyclic) bond motifs is 1. The molecule has 24 heavy (non-hydrogen) atoms. The minimum Gasteiger partial charge on any atom is -0.469 e. The zero-order valence-corrected chi connectivity index (χ0v) is 14.2.